The van der Waals surface area contributed by atoms with Crippen molar-refractivity contribution >= 4 is 19.2 Å². The van der Waals surface area contributed by atoms with Gasteiger partial charge in [-0.3, -0.25) is 4.79 Å². The van der Waals surface area contributed by atoms with Gasteiger partial charge in [0.15, 0.2) is 0 Å². The van der Waals surface area contributed by atoms with Crippen molar-refractivity contribution in [1.29, 1.82) is 0 Å². The molecule has 0 radical (unpaired) electrons. The maximum absolute atomic E-state index is 12.0. The highest BCUT2D eigenvalue weighted by molar-refractivity contribution is 7.56. The monoisotopic (exact) mass is 334 g/mol. The van der Waals surface area contributed by atoms with Crippen LogP contribution in [0.5, 0.6) is 0 Å². The van der Waals surface area contributed by atoms with Crippen LogP contribution < -0.4 is 5.32 Å². The highest BCUT2D eigenvalue weighted by Crippen LogP contribution is 2.21. The SMILES string of the molecule is CC.CCOCCNC(=O)C(C)(C)COC/[P+](C)=C\C(C)C. The average Bonchev–Trinajstić information content (AvgIpc) is 2.44. The highest BCUT2D eigenvalue weighted by atomic mass is 31.1. The van der Waals surface area contributed by atoms with E-state index in [0.29, 0.717) is 32.3 Å². The Morgan fingerprint density at radius 2 is 1.86 bits per heavy atom. The molecule has 0 bridgehead atoms. The Kier molecular flexibility index (Phi) is 15.3. The van der Waals surface area contributed by atoms with E-state index < -0.39 is 5.41 Å². The first-order valence-corrected chi connectivity index (χ1v) is 10.3. The van der Waals surface area contributed by atoms with E-state index in [1.807, 2.05) is 34.6 Å². The predicted octanol–water partition coefficient (Wildman–Crippen LogP) is 3.74. The summed E-state index contributed by atoms with van der Waals surface area (Å²) in [6.07, 6.45) is 0.725. The Morgan fingerprint density at radius 1 is 1.27 bits per heavy atom. The van der Waals surface area contributed by atoms with Crippen LogP contribution in [0.15, 0.2) is 0 Å². The second-order valence-electron chi connectivity index (χ2n) is 5.96. The third-order valence-corrected chi connectivity index (χ3v) is 4.36. The molecule has 0 aromatic carbocycles. The third-order valence-electron chi connectivity index (χ3n) is 2.66. The van der Waals surface area contributed by atoms with Crippen LogP contribution in [0.4, 0.5) is 0 Å². The Bertz CT molecular complexity index is 315. The zero-order chi connectivity index (χ0) is 17.6. The summed E-state index contributed by atoms with van der Waals surface area (Å²) >= 11 is 0. The topological polar surface area (TPSA) is 47.6 Å². The molecule has 1 atom stereocenters. The van der Waals surface area contributed by atoms with Gasteiger partial charge in [0.25, 0.3) is 0 Å². The van der Waals surface area contributed by atoms with Gasteiger partial charge in [0.2, 0.25) is 12.3 Å². The van der Waals surface area contributed by atoms with Crippen LogP contribution in [0, 0.1) is 11.3 Å². The van der Waals surface area contributed by atoms with E-state index >= 15 is 0 Å². The van der Waals surface area contributed by atoms with Crippen molar-refractivity contribution in [2.24, 2.45) is 11.3 Å². The van der Waals surface area contributed by atoms with E-state index in [2.05, 4.69) is 31.6 Å². The van der Waals surface area contributed by atoms with E-state index in [4.69, 9.17) is 9.47 Å². The van der Waals surface area contributed by atoms with E-state index in [0.717, 1.165) is 6.35 Å². The van der Waals surface area contributed by atoms with Crippen LogP contribution in [0.2, 0.25) is 0 Å². The van der Waals surface area contributed by atoms with Crippen LogP contribution in [0.25, 0.3) is 0 Å². The summed E-state index contributed by atoms with van der Waals surface area (Å²) in [6, 6.07) is 0. The molecule has 0 heterocycles. The van der Waals surface area contributed by atoms with Gasteiger partial charge in [-0.05, 0) is 20.8 Å². The number of carbonyl (C=O) groups excluding carboxylic acids is 1. The van der Waals surface area contributed by atoms with E-state index in [-0.39, 0.29) is 13.5 Å². The molecule has 1 unspecified atom stereocenters. The van der Waals surface area contributed by atoms with Gasteiger partial charge >= 0.3 is 0 Å². The molecule has 132 valence electrons. The van der Waals surface area contributed by atoms with E-state index in [1.54, 1.807) is 0 Å². The van der Waals surface area contributed by atoms with Crippen molar-refractivity contribution < 1.29 is 14.3 Å². The molecule has 0 aliphatic heterocycles. The number of nitrogens with one attached hydrogen (secondary N) is 1. The summed E-state index contributed by atoms with van der Waals surface area (Å²) in [5.74, 6) is 2.93. The van der Waals surface area contributed by atoms with Crippen LogP contribution in [0.1, 0.15) is 48.5 Å². The van der Waals surface area contributed by atoms with Crippen LogP contribution >= 0.6 is 7.55 Å². The van der Waals surface area contributed by atoms with Gasteiger partial charge in [-0.15, -0.1) is 0 Å². The number of hydrogen-bond donors (Lipinski definition) is 1. The average molecular weight is 334 g/mol. The molecule has 0 aliphatic carbocycles. The van der Waals surface area contributed by atoms with Crippen molar-refractivity contribution in [2.75, 3.05) is 39.4 Å². The largest absolute Gasteiger partial charge is 0.380 e. The molecular weight excluding hydrogens is 297 g/mol. The normalized spacial score (nSPS) is 12.0. The van der Waals surface area contributed by atoms with Crippen LogP contribution in [0.3, 0.4) is 0 Å². The fourth-order valence-corrected chi connectivity index (χ4v) is 3.17. The molecule has 0 aromatic heterocycles. The number of ether oxygens (including phenoxy) is 2. The van der Waals surface area contributed by atoms with Gasteiger partial charge in [-0.25, -0.2) is 0 Å². The van der Waals surface area contributed by atoms with E-state index in [1.165, 1.54) is 0 Å². The molecule has 5 heteroatoms. The van der Waals surface area contributed by atoms with Crippen molar-refractivity contribution in [2.45, 2.75) is 48.5 Å². The number of amides is 1. The second kappa shape index (κ2) is 14.2. The van der Waals surface area contributed by atoms with Gasteiger partial charge in [0.1, 0.15) is 7.55 Å². The molecule has 0 spiro atoms. The Hall–Kier alpha value is -0.440. The molecule has 0 aromatic rings. The molecule has 0 aliphatic rings. The zero-order valence-corrected chi connectivity index (χ0v) is 16.8. The molecule has 0 saturated heterocycles. The van der Waals surface area contributed by atoms with Crippen molar-refractivity contribution in [3.8, 4) is 0 Å². The molecule has 0 rings (SSSR count). The van der Waals surface area contributed by atoms with Crippen LogP contribution in [-0.4, -0.2) is 51.1 Å². The molecular formula is C17H37NO3P+. The smallest absolute Gasteiger partial charge is 0.228 e. The fourth-order valence-electron chi connectivity index (χ4n) is 1.68. The Balaban J connectivity index is 0. The first kappa shape index (κ1) is 23.8. The van der Waals surface area contributed by atoms with Crippen molar-refractivity contribution in [3.63, 3.8) is 0 Å². The van der Waals surface area contributed by atoms with Gasteiger partial charge in [0, 0.05) is 19.1 Å². The molecule has 4 nitrogen and oxygen atoms in total. The molecule has 1 amide bonds. The zero-order valence-electron chi connectivity index (χ0n) is 15.9. The first-order chi connectivity index (χ1) is 10.3. The van der Waals surface area contributed by atoms with Gasteiger partial charge in [0.05, 0.1) is 31.1 Å². The maximum atomic E-state index is 12.0. The number of carbonyl (C=O) groups is 1. The van der Waals surface area contributed by atoms with Gasteiger partial charge < -0.3 is 14.8 Å². The number of rotatable bonds is 10. The second-order valence-corrected chi connectivity index (χ2v) is 8.03. The van der Waals surface area contributed by atoms with Gasteiger partial charge in [-0.2, -0.15) is 0 Å². The minimum absolute atomic E-state index is 0.0190. The molecule has 0 saturated carbocycles. The highest BCUT2D eigenvalue weighted by Gasteiger charge is 2.28. The third kappa shape index (κ3) is 13.2. The summed E-state index contributed by atoms with van der Waals surface area (Å²) < 4.78 is 10.9. The lowest BCUT2D eigenvalue weighted by molar-refractivity contribution is -0.132. The summed E-state index contributed by atoms with van der Waals surface area (Å²) in [7, 11) is -0.207. The summed E-state index contributed by atoms with van der Waals surface area (Å²) in [5.41, 5.74) is -0.500. The quantitative estimate of drug-likeness (QED) is 0.489. The first-order valence-electron chi connectivity index (χ1n) is 8.28. The maximum Gasteiger partial charge on any atom is 0.228 e. The minimum Gasteiger partial charge on any atom is -0.380 e. The summed E-state index contributed by atoms with van der Waals surface area (Å²) in [6.45, 7) is 18.5. The molecule has 1 N–H and O–H groups in total. The lowest BCUT2D eigenvalue weighted by Gasteiger charge is -2.22. The van der Waals surface area contributed by atoms with Crippen molar-refractivity contribution in [3.05, 3.63) is 0 Å². The fraction of sp³-hybridized carbons (Fsp3) is 0.882. The van der Waals surface area contributed by atoms with E-state index in [9.17, 15) is 4.79 Å². The summed E-state index contributed by atoms with van der Waals surface area (Å²) in [5, 5.41) is 2.88. The van der Waals surface area contributed by atoms with Crippen molar-refractivity contribution in [1.82, 2.24) is 5.32 Å². The molecule has 0 fully saturated rings. The standard InChI is InChI=1S/C15H30NO3P.C2H6/c1-7-18-9-8-16-14(17)15(4,5)11-19-12-20(6)10-13(2)3;1-2/h10,13H,7-9,11-12H2,1-6H3;1-2H3/p+1. The van der Waals surface area contributed by atoms with Gasteiger partial charge in [-0.1, -0.05) is 27.7 Å². The minimum atomic E-state index is -0.500. The van der Waals surface area contributed by atoms with Crippen LogP contribution in [-0.2, 0) is 14.3 Å². The Morgan fingerprint density at radius 3 is 2.36 bits per heavy atom. The lowest BCUT2D eigenvalue weighted by Crippen LogP contribution is -2.41. The summed E-state index contributed by atoms with van der Waals surface area (Å²) in [4.78, 5) is 12.0. The lowest BCUT2D eigenvalue weighted by atomic mass is 9.94. The number of hydrogen-bond acceptors (Lipinski definition) is 3. The predicted molar refractivity (Wildman–Crippen MR) is 99.2 cm³/mol. The Labute approximate surface area is 138 Å². The molecule has 22 heavy (non-hydrogen) atoms.